The first kappa shape index (κ1) is 15.5. The Bertz CT molecular complexity index is 252. The summed E-state index contributed by atoms with van der Waals surface area (Å²) in [6.07, 6.45) is 8.59. The van der Waals surface area contributed by atoms with Crippen molar-refractivity contribution in [2.45, 2.75) is 38.5 Å². The third kappa shape index (κ3) is 12.4. The summed E-state index contributed by atoms with van der Waals surface area (Å²) >= 11 is 0. The average molecular weight is 242 g/mol. The first-order chi connectivity index (χ1) is 8.16. The molecule has 0 saturated heterocycles. The molecule has 0 aromatic heterocycles. The van der Waals surface area contributed by atoms with Crippen molar-refractivity contribution in [1.29, 1.82) is 0 Å². The van der Waals surface area contributed by atoms with Crippen LogP contribution in [0, 0.1) is 0 Å². The second kappa shape index (κ2) is 11.0. The van der Waals surface area contributed by atoms with Crippen LogP contribution < -0.4 is 11.1 Å². The number of ether oxygens (including phenoxy) is 1. The van der Waals surface area contributed by atoms with Crippen LogP contribution in [0.1, 0.15) is 38.5 Å². The molecule has 17 heavy (non-hydrogen) atoms. The van der Waals surface area contributed by atoms with Crippen LogP contribution in [0.2, 0.25) is 0 Å². The Morgan fingerprint density at radius 3 is 2.41 bits per heavy atom. The predicted molar refractivity (Wildman–Crippen MR) is 66.4 cm³/mol. The van der Waals surface area contributed by atoms with Crippen molar-refractivity contribution in [2.24, 2.45) is 5.73 Å². The van der Waals surface area contributed by atoms with Crippen LogP contribution in [-0.2, 0) is 9.53 Å². The average Bonchev–Trinajstić information content (AvgIpc) is 2.30. The fraction of sp³-hybridized carbons (Fsp3) is 0.667. The van der Waals surface area contributed by atoms with Crippen molar-refractivity contribution >= 4 is 12.0 Å². The molecule has 0 saturated carbocycles. The predicted octanol–water partition coefficient (Wildman–Crippen LogP) is 1.72. The van der Waals surface area contributed by atoms with Crippen molar-refractivity contribution < 1.29 is 14.3 Å². The van der Waals surface area contributed by atoms with E-state index in [4.69, 9.17) is 5.73 Å². The molecular weight excluding hydrogens is 220 g/mol. The summed E-state index contributed by atoms with van der Waals surface area (Å²) in [5, 5.41) is 2.58. The number of rotatable bonds is 9. The number of primary amides is 1. The molecule has 0 spiro atoms. The van der Waals surface area contributed by atoms with Gasteiger partial charge < -0.3 is 15.8 Å². The number of hydrogen-bond acceptors (Lipinski definition) is 3. The molecule has 0 heterocycles. The van der Waals surface area contributed by atoms with Crippen molar-refractivity contribution in [3.8, 4) is 0 Å². The van der Waals surface area contributed by atoms with E-state index in [9.17, 15) is 9.59 Å². The first-order valence-electron chi connectivity index (χ1n) is 5.94. The van der Waals surface area contributed by atoms with Gasteiger partial charge in [0.15, 0.2) is 0 Å². The maximum absolute atomic E-state index is 10.9. The van der Waals surface area contributed by atoms with Crippen LogP contribution in [0.3, 0.4) is 0 Å². The number of unbranched alkanes of at least 4 members (excludes halogenated alkanes) is 3. The lowest BCUT2D eigenvalue weighted by molar-refractivity contribution is -0.120. The van der Waals surface area contributed by atoms with E-state index in [0.29, 0.717) is 13.0 Å². The molecule has 5 heteroatoms. The van der Waals surface area contributed by atoms with Crippen molar-refractivity contribution in [1.82, 2.24) is 5.32 Å². The lowest BCUT2D eigenvalue weighted by Gasteiger charge is -1.99. The second-order valence-corrected chi connectivity index (χ2v) is 3.70. The Morgan fingerprint density at radius 1 is 1.18 bits per heavy atom. The Labute approximate surface area is 102 Å². The summed E-state index contributed by atoms with van der Waals surface area (Å²) in [6, 6.07) is 0. The van der Waals surface area contributed by atoms with Crippen molar-refractivity contribution in [2.75, 3.05) is 13.7 Å². The summed E-state index contributed by atoms with van der Waals surface area (Å²) in [6.45, 7) is 0.389. The largest absolute Gasteiger partial charge is 0.450 e. The molecule has 0 bridgehead atoms. The van der Waals surface area contributed by atoms with Crippen molar-refractivity contribution in [3.63, 3.8) is 0 Å². The number of nitrogens with two attached hydrogens (primary N) is 1. The number of nitrogens with one attached hydrogen (secondary N) is 1. The maximum Gasteiger partial charge on any atom is 0.404 e. The highest BCUT2D eigenvalue weighted by Gasteiger charge is 1.95. The van der Waals surface area contributed by atoms with E-state index in [-0.39, 0.29) is 5.91 Å². The van der Waals surface area contributed by atoms with Gasteiger partial charge in [-0.3, -0.25) is 4.79 Å². The quantitative estimate of drug-likeness (QED) is 0.477. The smallest absolute Gasteiger partial charge is 0.404 e. The lowest BCUT2D eigenvalue weighted by Crippen LogP contribution is -2.16. The van der Waals surface area contributed by atoms with Gasteiger partial charge in [-0.1, -0.05) is 12.2 Å². The van der Waals surface area contributed by atoms with Gasteiger partial charge in [0.1, 0.15) is 0 Å². The zero-order chi connectivity index (χ0) is 12.9. The zero-order valence-corrected chi connectivity index (χ0v) is 10.4. The summed E-state index contributed by atoms with van der Waals surface area (Å²) < 4.78 is 4.60. The summed E-state index contributed by atoms with van der Waals surface area (Å²) in [7, 11) is 1.65. The Morgan fingerprint density at radius 2 is 1.82 bits per heavy atom. The molecule has 0 aromatic rings. The second-order valence-electron chi connectivity index (χ2n) is 3.70. The highest BCUT2D eigenvalue weighted by molar-refractivity contribution is 5.75. The number of allylic oxidation sites excluding steroid dienone is 2. The number of amides is 2. The molecule has 0 aliphatic carbocycles. The maximum atomic E-state index is 10.9. The minimum atomic E-state index is -0.713. The van der Waals surface area contributed by atoms with Crippen LogP contribution in [0.4, 0.5) is 4.79 Å². The molecule has 0 aromatic carbocycles. The van der Waals surface area contributed by atoms with Crippen LogP contribution in [0.25, 0.3) is 0 Å². The minimum Gasteiger partial charge on any atom is -0.450 e. The molecule has 0 rings (SSSR count). The highest BCUT2D eigenvalue weighted by atomic mass is 16.5. The van der Waals surface area contributed by atoms with Crippen LogP contribution >= 0.6 is 0 Å². The Hall–Kier alpha value is -1.52. The fourth-order valence-corrected chi connectivity index (χ4v) is 1.28. The van der Waals surface area contributed by atoms with E-state index in [1.807, 2.05) is 0 Å². The molecule has 0 aliphatic rings. The van der Waals surface area contributed by atoms with E-state index in [1.165, 1.54) is 0 Å². The number of hydrogen-bond donors (Lipinski definition) is 2. The van der Waals surface area contributed by atoms with E-state index < -0.39 is 6.09 Å². The molecule has 98 valence electrons. The number of carbonyl (C=O) groups excluding carboxylic acids is 2. The SMILES string of the molecule is CNC(=O)CCCC=CCCCCOC(N)=O. The van der Waals surface area contributed by atoms with Crippen LogP contribution in [0.5, 0.6) is 0 Å². The van der Waals surface area contributed by atoms with E-state index in [1.54, 1.807) is 7.05 Å². The Balaban J connectivity index is 3.20. The molecule has 0 unspecified atom stereocenters. The molecule has 2 amide bonds. The minimum absolute atomic E-state index is 0.0852. The normalized spacial score (nSPS) is 10.4. The monoisotopic (exact) mass is 242 g/mol. The van der Waals surface area contributed by atoms with Crippen molar-refractivity contribution in [3.05, 3.63) is 12.2 Å². The molecule has 5 nitrogen and oxygen atoms in total. The molecular formula is C12H22N2O3. The van der Waals surface area contributed by atoms with Crippen LogP contribution in [-0.4, -0.2) is 25.7 Å². The number of carbonyl (C=O) groups is 2. The molecule has 3 N–H and O–H groups in total. The lowest BCUT2D eigenvalue weighted by atomic mass is 10.2. The summed E-state index contributed by atoms with van der Waals surface area (Å²) in [5.74, 6) is 0.0852. The van der Waals surface area contributed by atoms with Gasteiger partial charge in [-0.2, -0.15) is 0 Å². The summed E-state index contributed by atoms with van der Waals surface area (Å²) in [5.41, 5.74) is 4.82. The standard InChI is InChI=1S/C12H22N2O3/c1-14-11(15)9-7-5-3-2-4-6-8-10-17-12(13)16/h2-3H,4-10H2,1H3,(H2,13,16)(H,14,15). The fourth-order valence-electron chi connectivity index (χ4n) is 1.28. The van der Waals surface area contributed by atoms with Gasteiger partial charge in [-0.05, 0) is 32.1 Å². The van der Waals surface area contributed by atoms with Crippen LogP contribution in [0.15, 0.2) is 12.2 Å². The van der Waals surface area contributed by atoms with Gasteiger partial charge in [0.2, 0.25) is 5.91 Å². The van der Waals surface area contributed by atoms with Gasteiger partial charge in [0.05, 0.1) is 6.61 Å². The van der Waals surface area contributed by atoms with E-state index >= 15 is 0 Å². The van der Waals surface area contributed by atoms with E-state index in [0.717, 1.165) is 32.1 Å². The van der Waals surface area contributed by atoms with Gasteiger partial charge in [0.25, 0.3) is 0 Å². The van der Waals surface area contributed by atoms with Gasteiger partial charge in [0, 0.05) is 13.5 Å². The third-order valence-corrected chi connectivity index (χ3v) is 2.23. The topological polar surface area (TPSA) is 81.4 Å². The molecule has 0 atom stereocenters. The molecule has 0 fully saturated rings. The zero-order valence-electron chi connectivity index (χ0n) is 10.4. The Kier molecular flexibility index (Phi) is 10.00. The first-order valence-corrected chi connectivity index (χ1v) is 5.94. The van der Waals surface area contributed by atoms with Gasteiger partial charge in [-0.25, -0.2) is 4.79 Å². The van der Waals surface area contributed by atoms with Gasteiger partial charge in [-0.15, -0.1) is 0 Å². The third-order valence-electron chi connectivity index (χ3n) is 2.23. The summed E-state index contributed by atoms with van der Waals surface area (Å²) in [4.78, 5) is 21.1. The molecule has 0 aliphatic heterocycles. The van der Waals surface area contributed by atoms with Gasteiger partial charge >= 0.3 is 6.09 Å². The van der Waals surface area contributed by atoms with E-state index in [2.05, 4.69) is 22.2 Å². The highest BCUT2D eigenvalue weighted by Crippen LogP contribution is 2.01. The molecule has 0 radical (unpaired) electrons.